The van der Waals surface area contributed by atoms with E-state index in [0.717, 1.165) is 46.9 Å². The normalized spacial score (nSPS) is 17.3. The number of ether oxygens (including phenoxy) is 1. The Labute approximate surface area is 219 Å². The van der Waals surface area contributed by atoms with Crippen LogP contribution in [0.5, 0.6) is 11.6 Å². The van der Waals surface area contributed by atoms with Crippen molar-refractivity contribution in [2.45, 2.75) is 37.8 Å². The number of nitrogens with one attached hydrogen (secondary N) is 2. The molecular formula is C27H26BrClN4O2. The van der Waals surface area contributed by atoms with Crippen molar-refractivity contribution in [1.82, 2.24) is 15.3 Å². The predicted octanol–water partition coefficient (Wildman–Crippen LogP) is 6.76. The minimum Gasteiger partial charge on any atom is -0.438 e. The van der Waals surface area contributed by atoms with Crippen molar-refractivity contribution < 1.29 is 9.53 Å². The number of halogens is 2. The third kappa shape index (κ3) is 6.29. The summed E-state index contributed by atoms with van der Waals surface area (Å²) in [4.78, 5) is 22.0. The molecule has 2 aromatic heterocycles. The first-order valence-corrected chi connectivity index (χ1v) is 12.2. The van der Waals surface area contributed by atoms with Crippen LogP contribution in [0.1, 0.15) is 36.0 Å². The largest absolute Gasteiger partial charge is 0.438 e. The van der Waals surface area contributed by atoms with Crippen LogP contribution >= 0.6 is 28.3 Å². The summed E-state index contributed by atoms with van der Waals surface area (Å²) in [6, 6.07) is 23.6. The molecule has 2 heterocycles. The number of aromatic nitrogens is 2. The fourth-order valence-electron chi connectivity index (χ4n) is 4.26. The summed E-state index contributed by atoms with van der Waals surface area (Å²) < 4.78 is 6.84. The molecule has 180 valence electrons. The van der Waals surface area contributed by atoms with Crippen LogP contribution in [-0.4, -0.2) is 28.0 Å². The molecule has 35 heavy (non-hydrogen) atoms. The summed E-state index contributed by atoms with van der Waals surface area (Å²) in [6.07, 6.45) is 5.37. The van der Waals surface area contributed by atoms with E-state index in [1.54, 1.807) is 18.3 Å². The number of hydrogen-bond acceptors (Lipinski definition) is 5. The van der Waals surface area contributed by atoms with E-state index in [2.05, 4.69) is 43.7 Å². The van der Waals surface area contributed by atoms with E-state index in [9.17, 15) is 4.79 Å². The number of fused-ring (bicyclic) bond motifs is 1. The Morgan fingerprint density at radius 2 is 1.63 bits per heavy atom. The van der Waals surface area contributed by atoms with Gasteiger partial charge in [-0.15, -0.1) is 12.4 Å². The zero-order valence-electron chi connectivity index (χ0n) is 19.0. The molecule has 0 aliphatic heterocycles. The summed E-state index contributed by atoms with van der Waals surface area (Å²) in [5.74, 6) is 1.67. The van der Waals surface area contributed by atoms with Gasteiger partial charge in [-0.1, -0.05) is 34.1 Å². The second-order valence-electron chi connectivity index (χ2n) is 8.47. The first-order chi connectivity index (χ1) is 16.6. The lowest BCUT2D eigenvalue weighted by Crippen LogP contribution is -2.40. The summed E-state index contributed by atoms with van der Waals surface area (Å²) in [6.45, 7) is 0. The highest BCUT2D eigenvalue weighted by Crippen LogP contribution is 2.26. The monoisotopic (exact) mass is 552 g/mol. The number of anilines is 1. The van der Waals surface area contributed by atoms with E-state index in [1.807, 2.05) is 48.5 Å². The van der Waals surface area contributed by atoms with Gasteiger partial charge >= 0.3 is 0 Å². The number of carbonyl (C=O) groups excluding carboxylic acids is 1. The lowest BCUT2D eigenvalue weighted by atomic mass is 9.91. The second kappa shape index (κ2) is 11.5. The van der Waals surface area contributed by atoms with E-state index in [1.165, 1.54) is 0 Å². The van der Waals surface area contributed by atoms with E-state index < -0.39 is 0 Å². The van der Waals surface area contributed by atoms with Gasteiger partial charge in [-0.2, -0.15) is 0 Å². The summed E-state index contributed by atoms with van der Waals surface area (Å²) >= 11 is 3.41. The van der Waals surface area contributed by atoms with Crippen LogP contribution in [0.4, 0.5) is 5.82 Å². The quantitative estimate of drug-likeness (QED) is 0.276. The van der Waals surface area contributed by atoms with Crippen LogP contribution in [0.15, 0.2) is 83.5 Å². The number of hydrogen-bond donors (Lipinski definition) is 2. The van der Waals surface area contributed by atoms with E-state index in [0.29, 0.717) is 23.2 Å². The van der Waals surface area contributed by atoms with Gasteiger partial charge in [-0.3, -0.25) is 4.79 Å². The van der Waals surface area contributed by atoms with Gasteiger partial charge < -0.3 is 15.4 Å². The van der Waals surface area contributed by atoms with Crippen LogP contribution in [-0.2, 0) is 0 Å². The Morgan fingerprint density at radius 1 is 0.886 bits per heavy atom. The van der Waals surface area contributed by atoms with Crippen LogP contribution in [0, 0.1) is 0 Å². The maximum absolute atomic E-state index is 13.0. The number of para-hydroxylation sites is 1. The topological polar surface area (TPSA) is 76.1 Å². The van der Waals surface area contributed by atoms with Crippen molar-refractivity contribution in [3.8, 4) is 11.6 Å². The fraction of sp³-hybridized carbons (Fsp3) is 0.222. The molecule has 0 spiro atoms. The maximum atomic E-state index is 13.0. The molecule has 0 atom stereocenters. The number of rotatable bonds is 6. The van der Waals surface area contributed by atoms with Gasteiger partial charge in [0.2, 0.25) is 5.88 Å². The number of pyridine rings is 2. The third-order valence-electron chi connectivity index (χ3n) is 6.06. The number of benzene rings is 2. The maximum Gasteiger partial charge on any atom is 0.257 e. The standard InChI is InChI=1S/C27H25BrN4O2.ClH/c28-19-8-14-22(15-9-19)34-27-23(5-3-17-29-27)26(33)31-21-12-10-20(11-13-21)30-25-16-7-18-4-1-2-6-24(18)32-25;/h1-9,14-17,20-21H,10-13H2,(H,30,32)(H,31,33);1H/t20-,21+;. The zero-order chi connectivity index (χ0) is 23.3. The van der Waals surface area contributed by atoms with Gasteiger partial charge in [-0.25, -0.2) is 9.97 Å². The number of carbonyl (C=O) groups is 1. The average molecular weight is 554 g/mol. The van der Waals surface area contributed by atoms with E-state index in [-0.39, 0.29) is 24.4 Å². The van der Waals surface area contributed by atoms with Crippen LogP contribution in [0.2, 0.25) is 0 Å². The highest BCUT2D eigenvalue weighted by atomic mass is 79.9. The molecule has 2 aromatic carbocycles. The van der Waals surface area contributed by atoms with Gasteiger partial charge in [-0.05, 0) is 80.3 Å². The van der Waals surface area contributed by atoms with Crippen LogP contribution < -0.4 is 15.4 Å². The molecule has 6 nitrogen and oxygen atoms in total. The Bertz CT molecular complexity index is 1290. The van der Waals surface area contributed by atoms with Gasteiger partial charge in [0.25, 0.3) is 5.91 Å². The summed E-state index contributed by atoms with van der Waals surface area (Å²) in [5, 5.41) is 7.87. The second-order valence-corrected chi connectivity index (χ2v) is 9.38. The minimum atomic E-state index is -0.159. The molecule has 2 N–H and O–H groups in total. The van der Waals surface area contributed by atoms with Gasteiger partial charge in [0, 0.05) is 28.1 Å². The van der Waals surface area contributed by atoms with Crippen molar-refractivity contribution in [2.24, 2.45) is 0 Å². The van der Waals surface area contributed by atoms with Crippen LogP contribution in [0.25, 0.3) is 10.9 Å². The van der Waals surface area contributed by atoms with Gasteiger partial charge in [0.15, 0.2) is 0 Å². The van der Waals surface area contributed by atoms with E-state index in [4.69, 9.17) is 9.72 Å². The predicted molar refractivity (Wildman–Crippen MR) is 145 cm³/mol. The highest BCUT2D eigenvalue weighted by molar-refractivity contribution is 9.10. The van der Waals surface area contributed by atoms with Crippen molar-refractivity contribution in [3.05, 3.63) is 89.0 Å². The lowest BCUT2D eigenvalue weighted by molar-refractivity contribution is 0.0923. The molecular weight excluding hydrogens is 528 g/mol. The van der Waals surface area contributed by atoms with Crippen molar-refractivity contribution >= 4 is 51.0 Å². The Morgan fingerprint density at radius 3 is 2.43 bits per heavy atom. The van der Waals surface area contributed by atoms with Gasteiger partial charge in [0.05, 0.1) is 5.52 Å². The molecule has 1 saturated carbocycles. The van der Waals surface area contributed by atoms with Gasteiger partial charge in [0.1, 0.15) is 17.1 Å². The first-order valence-electron chi connectivity index (χ1n) is 11.5. The molecule has 0 radical (unpaired) electrons. The molecule has 1 amide bonds. The van der Waals surface area contributed by atoms with E-state index >= 15 is 0 Å². The zero-order valence-corrected chi connectivity index (χ0v) is 21.4. The van der Waals surface area contributed by atoms with Crippen LogP contribution in [0.3, 0.4) is 0 Å². The fourth-order valence-corrected chi connectivity index (χ4v) is 4.52. The SMILES string of the molecule is Cl.O=C(N[C@H]1CC[C@@H](Nc2ccc3ccccc3n2)CC1)c1cccnc1Oc1ccc(Br)cc1. The Kier molecular flexibility index (Phi) is 8.21. The smallest absolute Gasteiger partial charge is 0.257 e. The summed E-state index contributed by atoms with van der Waals surface area (Å²) in [7, 11) is 0. The molecule has 4 aromatic rings. The lowest BCUT2D eigenvalue weighted by Gasteiger charge is -2.30. The Balaban J connectivity index is 0.00000289. The van der Waals surface area contributed by atoms with Crippen molar-refractivity contribution in [1.29, 1.82) is 0 Å². The molecule has 0 saturated heterocycles. The molecule has 5 rings (SSSR count). The third-order valence-corrected chi connectivity index (χ3v) is 6.59. The number of nitrogens with zero attached hydrogens (tertiary/aromatic N) is 2. The molecule has 0 bridgehead atoms. The highest BCUT2D eigenvalue weighted by Gasteiger charge is 2.24. The Hall–Kier alpha value is -3.16. The van der Waals surface area contributed by atoms with Crippen molar-refractivity contribution in [2.75, 3.05) is 5.32 Å². The molecule has 0 unspecified atom stereocenters. The van der Waals surface area contributed by atoms with Crippen molar-refractivity contribution in [3.63, 3.8) is 0 Å². The molecule has 1 aliphatic carbocycles. The first kappa shape index (κ1) is 24.9. The molecule has 8 heteroatoms. The number of amides is 1. The molecule has 1 fully saturated rings. The summed E-state index contributed by atoms with van der Waals surface area (Å²) in [5.41, 5.74) is 1.43. The average Bonchev–Trinajstić information content (AvgIpc) is 2.87. The molecule has 1 aliphatic rings. The minimum absolute atomic E-state index is 0.